The van der Waals surface area contributed by atoms with E-state index in [4.69, 9.17) is 9.68 Å². The lowest BCUT2D eigenvalue weighted by Crippen LogP contribution is -2.42. The van der Waals surface area contributed by atoms with Gasteiger partial charge >= 0.3 is 0 Å². The summed E-state index contributed by atoms with van der Waals surface area (Å²) in [7, 11) is 3.18. The molecule has 0 radical (unpaired) electrons. The summed E-state index contributed by atoms with van der Waals surface area (Å²) in [6.07, 6.45) is 0. The normalized spacial score (nSPS) is 20.3. The molecule has 64 valence electrons. The first-order valence-corrected chi connectivity index (χ1v) is 3.88. The van der Waals surface area contributed by atoms with Gasteiger partial charge in [0.05, 0.1) is 14.2 Å². The number of aliphatic imine (C=N–C) groups is 1. The molecule has 0 aliphatic carbocycles. The van der Waals surface area contributed by atoms with E-state index in [0.29, 0.717) is 18.1 Å². The molecular formula is C5H10BrN3O2. The molecule has 0 saturated carbocycles. The van der Waals surface area contributed by atoms with Gasteiger partial charge in [0.25, 0.3) is 0 Å². The van der Waals surface area contributed by atoms with Crippen LogP contribution in [0.15, 0.2) is 4.99 Å². The third-order valence-corrected chi connectivity index (χ3v) is 1.98. The second kappa shape index (κ2) is 4.01. The van der Waals surface area contributed by atoms with E-state index in [1.54, 1.807) is 24.3 Å². The van der Waals surface area contributed by atoms with E-state index >= 15 is 0 Å². The third-order valence-electron chi connectivity index (χ3n) is 1.33. The van der Waals surface area contributed by atoms with Gasteiger partial charge < -0.3 is 0 Å². The Kier molecular flexibility index (Phi) is 3.25. The summed E-state index contributed by atoms with van der Waals surface area (Å²) >= 11 is 3.24. The van der Waals surface area contributed by atoms with Crippen LogP contribution in [0.3, 0.4) is 0 Å². The molecule has 0 spiro atoms. The van der Waals surface area contributed by atoms with E-state index in [1.165, 1.54) is 0 Å². The van der Waals surface area contributed by atoms with Crippen LogP contribution in [0.25, 0.3) is 0 Å². The SMILES string of the molecule is CON1CN=C(Br)N(OC)C1. The van der Waals surface area contributed by atoms with E-state index in [2.05, 4.69) is 20.9 Å². The van der Waals surface area contributed by atoms with Gasteiger partial charge in [-0.2, -0.15) is 0 Å². The highest BCUT2D eigenvalue weighted by atomic mass is 79.9. The van der Waals surface area contributed by atoms with Crippen LogP contribution in [0, 0.1) is 0 Å². The number of amidine groups is 1. The smallest absolute Gasteiger partial charge is 0.195 e. The van der Waals surface area contributed by atoms with Gasteiger partial charge in [-0.3, -0.25) is 9.68 Å². The molecule has 0 amide bonds. The number of rotatable bonds is 2. The summed E-state index contributed by atoms with van der Waals surface area (Å²) in [5.41, 5.74) is 0. The highest BCUT2D eigenvalue weighted by Crippen LogP contribution is 2.08. The quantitative estimate of drug-likeness (QED) is 0.636. The molecule has 0 atom stereocenters. The van der Waals surface area contributed by atoms with Gasteiger partial charge in [-0.25, -0.2) is 10.1 Å². The lowest BCUT2D eigenvalue weighted by Gasteiger charge is -2.29. The van der Waals surface area contributed by atoms with Crippen molar-refractivity contribution in [1.82, 2.24) is 10.1 Å². The van der Waals surface area contributed by atoms with Crippen molar-refractivity contribution in [2.24, 2.45) is 4.99 Å². The fourth-order valence-electron chi connectivity index (χ4n) is 0.711. The first-order chi connectivity index (χ1) is 5.27. The summed E-state index contributed by atoms with van der Waals surface area (Å²) in [5, 5.41) is 3.24. The van der Waals surface area contributed by atoms with Crippen LogP contribution < -0.4 is 0 Å². The van der Waals surface area contributed by atoms with Crippen molar-refractivity contribution in [3.05, 3.63) is 0 Å². The zero-order chi connectivity index (χ0) is 8.27. The predicted molar refractivity (Wildman–Crippen MR) is 43.8 cm³/mol. The highest BCUT2D eigenvalue weighted by molar-refractivity contribution is 9.18. The lowest BCUT2D eigenvalue weighted by atomic mass is 10.8. The molecule has 1 heterocycles. The molecular weight excluding hydrogens is 214 g/mol. The summed E-state index contributed by atoms with van der Waals surface area (Å²) < 4.78 is 0.688. The molecule has 0 aromatic carbocycles. The molecule has 0 saturated heterocycles. The summed E-state index contributed by atoms with van der Waals surface area (Å²) in [6.45, 7) is 1.08. The zero-order valence-corrected chi connectivity index (χ0v) is 8.04. The molecule has 0 fully saturated rings. The average Bonchev–Trinajstić information content (AvgIpc) is 2.05. The van der Waals surface area contributed by atoms with Gasteiger partial charge in [0.2, 0.25) is 0 Å². The number of hydrogen-bond acceptors (Lipinski definition) is 5. The largest absolute Gasteiger partial charge is 0.299 e. The molecule has 1 aliphatic rings. The Balaban J connectivity index is 2.53. The minimum Gasteiger partial charge on any atom is -0.299 e. The second-order valence-corrected chi connectivity index (χ2v) is 2.64. The van der Waals surface area contributed by atoms with Crippen molar-refractivity contribution >= 4 is 20.7 Å². The maximum absolute atomic E-state index is 4.97. The van der Waals surface area contributed by atoms with Gasteiger partial charge in [-0.05, 0) is 15.9 Å². The van der Waals surface area contributed by atoms with Crippen molar-refractivity contribution in [3.63, 3.8) is 0 Å². The van der Waals surface area contributed by atoms with Gasteiger partial charge in [0, 0.05) is 0 Å². The molecule has 0 bridgehead atoms. The van der Waals surface area contributed by atoms with Gasteiger partial charge in [0.1, 0.15) is 13.3 Å². The van der Waals surface area contributed by atoms with Crippen LogP contribution in [0.2, 0.25) is 0 Å². The van der Waals surface area contributed by atoms with Crippen molar-refractivity contribution in [3.8, 4) is 0 Å². The Morgan fingerprint density at radius 2 is 2.18 bits per heavy atom. The second-order valence-electron chi connectivity index (χ2n) is 1.94. The van der Waals surface area contributed by atoms with Crippen LogP contribution in [0.5, 0.6) is 0 Å². The van der Waals surface area contributed by atoms with Gasteiger partial charge in [-0.1, -0.05) is 0 Å². The summed E-state index contributed by atoms with van der Waals surface area (Å²) in [6, 6.07) is 0. The zero-order valence-electron chi connectivity index (χ0n) is 6.45. The molecule has 5 nitrogen and oxygen atoms in total. The first kappa shape index (κ1) is 8.92. The minimum absolute atomic E-state index is 0.525. The highest BCUT2D eigenvalue weighted by Gasteiger charge is 2.17. The van der Waals surface area contributed by atoms with Crippen LogP contribution in [-0.4, -0.2) is 42.4 Å². The number of hydroxylamine groups is 4. The summed E-state index contributed by atoms with van der Waals surface area (Å²) in [5.74, 6) is 0. The topological polar surface area (TPSA) is 37.3 Å². The minimum atomic E-state index is 0.525. The molecule has 0 aromatic rings. The first-order valence-electron chi connectivity index (χ1n) is 3.08. The van der Waals surface area contributed by atoms with Crippen molar-refractivity contribution in [2.75, 3.05) is 27.6 Å². The Bertz CT molecular complexity index is 164. The maximum atomic E-state index is 4.97. The van der Waals surface area contributed by atoms with Crippen LogP contribution >= 0.6 is 15.9 Å². The van der Waals surface area contributed by atoms with Crippen LogP contribution in [-0.2, 0) is 9.68 Å². The lowest BCUT2D eigenvalue weighted by molar-refractivity contribution is -0.209. The van der Waals surface area contributed by atoms with E-state index < -0.39 is 0 Å². The molecule has 0 aromatic heterocycles. The van der Waals surface area contributed by atoms with E-state index in [0.717, 1.165) is 0 Å². The van der Waals surface area contributed by atoms with Crippen molar-refractivity contribution in [2.45, 2.75) is 0 Å². The molecule has 1 aliphatic heterocycles. The molecule has 0 N–H and O–H groups in total. The Labute approximate surface area is 73.6 Å². The predicted octanol–water partition coefficient (Wildman–Crippen LogP) is 0.393. The fourth-order valence-corrected chi connectivity index (χ4v) is 1.08. The third kappa shape index (κ3) is 2.13. The van der Waals surface area contributed by atoms with Crippen molar-refractivity contribution < 1.29 is 9.68 Å². The number of halogens is 1. The Hall–Kier alpha value is -0.170. The molecule has 6 heteroatoms. The average molecular weight is 224 g/mol. The molecule has 1 rings (SSSR count). The van der Waals surface area contributed by atoms with E-state index in [9.17, 15) is 0 Å². The molecule has 0 unspecified atom stereocenters. The van der Waals surface area contributed by atoms with Gasteiger partial charge in [0.15, 0.2) is 4.74 Å². The van der Waals surface area contributed by atoms with Crippen molar-refractivity contribution in [1.29, 1.82) is 0 Å². The Morgan fingerprint density at radius 1 is 1.45 bits per heavy atom. The monoisotopic (exact) mass is 223 g/mol. The van der Waals surface area contributed by atoms with Crippen LogP contribution in [0.1, 0.15) is 0 Å². The van der Waals surface area contributed by atoms with E-state index in [1.807, 2.05) is 0 Å². The van der Waals surface area contributed by atoms with Crippen LogP contribution in [0.4, 0.5) is 0 Å². The van der Waals surface area contributed by atoms with Gasteiger partial charge in [-0.15, -0.1) is 5.06 Å². The maximum Gasteiger partial charge on any atom is 0.195 e. The number of nitrogens with zero attached hydrogens (tertiary/aromatic N) is 3. The fraction of sp³-hybridized carbons (Fsp3) is 0.800. The van der Waals surface area contributed by atoms with E-state index in [-0.39, 0.29) is 0 Å². The molecule has 11 heavy (non-hydrogen) atoms. The standard InChI is InChI=1S/C5H10BrN3O2/c1-10-8-3-7-5(6)9(4-8)11-2/h3-4H2,1-2H3. The Morgan fingerprint density at radius 3 is 2.73 bits per heavy atom. The number of hydrogen-bond donors (Lipinski definition) is 0. The summed E-state index contributed by atoms with van der Waals surface area (Å²) in [4.78, 5) is 14.0.